The smallest absolute Gasteiger partial charge is 0.198 e. The zero-order valence-electron chi connectivity index (χ0n) is 16.2. The average Bonchev–Trinajstić information content (AvgIpc) is 3.11. The molecule has 0 saturated heterocycles. The number of hydrogen-bond donors (Lipinski definition) is 1. The van der Waals surface area contributed by atoms with Gasteiger partial charge in [-0.1, -0.05) is 29.8 Å². The number of benzene rings is 3. The summed E-state index contributed by atoms with van der Waals surface area (Å²) < 4.78 is 16.9. The maximum atomic E-state index is 13.3. The molecule has 0 atom stereocenters. The van der Waals surface area contributed by atoms with Crippen molar-refractivity contribution in [3.05, 3.63) is 65.2 Å². The summed E-state index contributed by atoms with van der Waals surface area (Å²) in [4.78, 5) is 13.3. The fourth-order valence-corrected chi connectivity index (χ4v) is 3.95. The van der Waals surface area contributed by atoms with Gasteiger partial charge in [-0.3, -0.25) is 4.79 Å². The van der Waals surface area contributed by atoms with Gasteiger partial charge in [0, 0.05) is 39.8 Å². The first-order valence-corrected chi connectivity index (χ1v) is 9.19. The summed E-state index contributed by atoms with van der Waals surface area (Å²) in [6.45, 7) is 2.02. The third-order valence-electron chi connectivity index (χ3n) is 5.38. The molecule has 0 bridgehead atoms. The Morgan fingerprint density at radius 1 is 0.862 bits per heavy atom. The second-order valence-electron chi connectivity index (χ2n) is 7.12. The fourth-order valence-electron chi connectivity index (χ4n) is 3.95. The Balaban J connectivity index is 1.94. The molecule has 1 aliphatic rings. The van der Waals surface area contributed by atoms with Crippen molar-refractivity contribution in [1.82, 2.24) is 0 Å². The molecule has 1 heterocycles. The number of aromatic hydroxyl groups is 1. The molecule has 5 rings (SSSR count). The molecule has 1 aromatic heterocycles. The Morgan fingerprint density at radius 2 is 1.52 bits per heavy atom. The summed E-state index contributed by atoms with van der Waals surface area (Å²) in [5.41, 5.74) is 4.63. The fraction of sp³-hybridized carbons (Fsp3) is 0.125. The van der Waals surface area contributed by atoms with Gasteiger partial charge in [0.15, 0.2) is 5.78 Å². The molecular formula is C24H18O5. The second kappa shape index (κ2) is 6.14. The van der Waals surface area contributed by atoms with Crippen LogP contribution in [0.4, 0.5) is 0 Å². The minimum atomic E-state index is -0.271. The molecule has 0 aliphatic heterocycles. The molecule has 0 spiro atoms. The highest BCUT2D eigenvalue weighted by molar-refractivity contribution is 6.28. The number of ketones is 1. The zero-order valence-corrected chi connectivity index (χ0v) is 16.2. The van der Waals surface area contributed by atoms with E-state index in [1.165, 1.54) is 13.2 Å². The van der Waals surface area contributed by atoms with E-state index in [4.69, 9.17) is 13.9 Å². The standard InChI is InChI=1S/C24H18O5/c1-12-4-6-13(7-5-12)24-22-16-8-14(27-2)10-18(25)20(16)23(26)17-9-15(28-3)11-19(29-24)21(17)22/h4-11,25H,1-3H3. The summed E-state index contributed by atoms with van der Waals surface area (Å²) >= 11 is 0. The zero-order chi connectivity index (χ0) is 20.3. The first-order chi connectivity index (χ1) is 14.0. The minimum Gasteiger partial charge on any atom is -0.507 e. The van der Waals surface area contributed by atoms with Crippen molar-refractivity contribution in [3.63, 3.8) is 0 Å². The van der Waals surface area contributed by atoms with Gasteiger partial charge < -0.3 is 19.0 Å². The lowest BCUT2D eigenvalue weighted by Gasteiger charge is -2.19. The van der Waals surface area contributed by atoms with Gasteiger partial charge in [-0.25, -0.2) is 0 Å². The van der Waals surface area contributed by atoms with Crippen molar-refractivity contribution in [3.8, 4) is 39.7 Å². The number of phenolic OH excluding ortho intramolecular Hbond substituents is 1. The lowest BCUT2D eigenvalue weighted by Crippen LogP contribution is -2.10. The third-order valence-corrected chi connectivity index (χ3v) is 5.38. The van der Waals surface area contributed by atoms with Crippen LogP contribution in [-0.2, 0) is 0 Å². The number of aryl methyl sites for hydroxylation is 1. The van der Waals surface area contributed by atoms with Gasteiger partial charge >= 0.3 is 0 Å². The van der Waals surface area contributed by atoms with Gasteiger partial charge in [0.1, 0.15) is 28.6 Å². The van der Waals surface area contributed by atoms with Crippen LogP contribution in [0.1, 0.15) is 21.5 Å². The van der Waals surface area contributed by atoms with Crippen LogP contribution in [-0.4, -0.2) is 25.1 Å². The summed E-state index contributed by atoms with van der Waals surface area (Å²) in [6.07, 6.45) is 0. The molecule has 1 N–H and O–H groups in total. The summed E-state index contributed by atoms with van der Waals surface area (Å²) in [6, 6.07) is 14.7. The Hall–Kier alpha value is -3.73. The highest BCUT2D eigenvalue weighted by Gasteiger charge is 2.34. The van der Waals surface area contributed by atoms with Crippen molar-refractivity contribution >= 4 is 16.8 Å². The Labute approximate surface area is 167 Å². The number of fused-ring (bicyclic) bond motifs is 2. The monoisotopic (exact) mass is 386 g/mol. The van der Waals surface area contributed by atoms with Crippen molar-refractivity contribution in [2.45, 2.75) is 6.92 Å². The van der Waals surface area contributed by atoms with Crippen LogP contribution in [0.5, 0.6) is 17.2 Å². The van der Waals surface area contributed by atoms with Crippen LogP contribution in [0, 0.1) is 6.92 Å². The number of furan rings is 1. The number of hydrogen-bond acceptors (Lipinski definition) is 5. The molecule has 0 radical (unpaired) electrons. The molecule has 29 heavy (non-hydrogen) atoms. The summed E-state index contributed by atoms with van der Waals surface area (Å²) in [5, 5.41) is 11.3. The molecule has 144 valence electrons. The van der Waals surface area contributed by atoms with Gasteiger partial charge in [0.25, 0.3) is 0 Å². The van der Waals surface area contributed by atoms with Gasteiger partial charge in [0.05, 0.1) is 19.8 Å². The quantitative estimate of drug-likeness (QED) is 0.453. The molecule has 0 saturated carbocycles. The number of carbonyl (C=O) groups is 1. The SMILES string of the molecule is COc1cc(O)c2c(c1)-c1c(-c3ccc(C)cc3)oc3cc(OC)cc(c13)C2=O. The Kier molecular flexibility index (Phi) is 3.68. The Bertz CT molecular complexity index is 1300. The lowest BCUT2D eigenvalue weighted by molar-refractivity contribution is 0.103. The Morgan fingerprint density at radius 3 is 2.21 bits per heavy atom. The molecule has 5 nitrogen and oxygen atoms in total. The van der Waals surface area contributed by atoms with Crippen LogP contribution < -0.4 is 9.47 Å². The van der Waals surface area contributed by atoms with Gasteiger partial charge in [-0.15, -0.1) is 0 Å². The number of ether oxygens (including phenoxy) is 2. The van der Waals surface area contributed by atoms with Gasteiger partial charge in [0.2, 0.25) is 0 Å². The molecule has 5 heteroatoms. The van der Waals surface area contributed by atoms with E-state index in [1.807, 2.05) is 31.2 Å². The number of rotatable bonds is 3. The average molecular weight is 386 g/mol. The van der Waals surface area contributed by atoms with E-state index in [-0.39, 0.29) is 17.1 Å². The maximum Gasteiger partial charge on any atom is 0.198 e. The van der Waals surface area contributed by atoms with Crippen LogP contribution >= 0.6 is 0 Å². The third kappa shape index (κ3) is 2.44. The van der Waals surface area contributed by atoms with Crippen molar-refractivity contribution in [2.75, 3.05) is 14.2 Å². The van der Waals surface area contributed by atoms with Crippen molar-refractivity contribution in [1.29, 1.82) is 0 Å². The van der Waals surface area contributed by atoms with Gasteiger partial charge in [-0.2, -0.15) is 0 Å². The van der Waals surface area contributed by atoms with Crippen LogP contribution in [0.15, 0.2) is 52.9 Å². The number of carbonyl (C=O) groups excluding carboxylic acids is 1. The molecule has 4 aromatic rings. The van der Waals surface area contributed by atoms with Crippen LogP contribution in [0.2, 0.25) is 0 Å². The van der Waals surface area contributed by atoms with Crippen LogP contribution in [0.25, 0.3) is 33.4 Å². The highest BCUT2D eigenvalue weighted by atomic mass is 16.5. The molecular weight excluding hydrogens is 368 g/mol. The predicted molar refractivity (Wildman–Crippen MR) is 110 cm³/mol. The van der Waals surface area contributed by atoms with Crippen molar-refractivity contribution < 1.29 is 23.8 Å². The van der Waals surface area contributed by atoms with E-state index < -0.39 is 0 Å². The number of phenols is 1. The van der Waals surface area contributed by atoms with E-state index in [2.05, 4.69) is 0 Å². The first kappa shape index (κ1) is 17.4. The summed E-state index contributed by atoms with van der Waals surface area (Å²) in [7, 11) is 3.07. The molecule has 0 unspecified atom stereocenters. The second-order valence-corrected chi connectivity index (χ2v) is 7.12. The van der Waals surface area contributed by atoms with Gasteiger partial charge in [-0.05, 0) is 19.1 Å². The summed E-state index contributed by atoms with van der Waals surface area (Å²) in [5.74, 6) is 1.23. The highest BCUT2D eigenvalue weighted by Crippen LogP contribution is 2.50. The van der Waals surface area contributed by atoms with E-state index in [9.17, 15) is 9.90 Å². The predicted octanol–water partition coefficient (Wildman–Crippen LogP) is 5.34. The largest absolute Gasteiger partial charge is 0.507 e. The first-order valence-electron chi connectivity index (χ1n) is 9.19. The minimum absolute atomic E-state index is 0.123. The molecule has 1 aliphatic carbocycles. The molecule has 0 fully saturated rings. The normalized spacial score (nSPS) is 12.2. The van der Waals surface area contributed by atoms with E-state index >= 15 is 0 Å². The molecule has 0 amide bonds. The van der Waals surface area contributed by atoms with E-state index in [0.717, 1.165) is 16.7 Å². The van der Waals surface area contributed by atoms with E-state index in [0.29, 0.717) is 39.4 Å². The topological polar surface area (TPSA) is 68.9 Å². The molecule has 3 aromatic carbocycles. The lowest BCUT2D eigenvalue weighted by atomic mass is 9.83. The van der Waals surface area contributed by atoms with Crippen molar-refractivity contribution in [2.24, 2.45) is 0 Å². The maximum absolute atomic E-state index is 13.3. The number of methoxy groups -OCH3 is 2. The van der Waals surface area contributed by atoms with Crippen LogP contribution in [0.3, 0.4) is 0 Å². The van der Waals surface area contributed by atoms with E-state index in [1.54, 1.807) is 25.3 Å².